The van der Waals surface area contributed by atoms with Crippen LogP contribution in [0.15, 0.2) is 251 Å². The lowest BCUT2D eigenvalue weighted by Gasteiger charge is -2.24. The largest absolute Gasteiger partial charge is 0.455 e. The highest BCUT2D eigenvalue weighted by Crippen LogP contribution is 2.45. The maximum absolute atomic E-state index is 7.22. The molecule has 1 aliphatic rings. The van der Waals surface area contributed by atoms with Crippen molar-refractivity contribution in [2.24, 2.45) is 9.98 Å². The third-order valence-corrected chi connectivity index (χ3v) is 17.0. The van der Waals surface area contributed by atoms with Gasteiger partial charge in [-0.15, -0.1) is 11.3 Å². The van der Waals surface area contributed by atoms with Gasteiger partial charge in [0.1, 0.15) is 23.2 Å². The molecule has 0 aliphatic carbocycles. The monoisotopic (exact) mass is 987 g/mol. The molecule has 1 N–H and O–H groups in total. The molecule has 16 aromatic rings. The van der Waals surface area contributed by atoms with Crippen LogP contribution in [0.2, 0.25) is 0 Å². The molecule has 17 rings (SSSR count). The van der Waals surface area contributed by atoms with Gasteiger partial charge in [-0.1, -0.05) is 158 Å². The van der Waals surface area contributed by atoms with Crippen LogP contribution in [0.25, 0.3) is 129 Å². The summed E-state index contributed by atoms with van der Waals surface area (Å²) in [6.45, 7) is 0. The number of rotatable bonds is 5. The molecule has 0 fully saturated rings. The van der Waals surface area contributed by atoms with Crippen molar-refractivity contribution in [1.82, 2.24) is 14.5 Å². The zero-order valence-corrected chi connectivity index (χ0v) is 41.5. The molecule has 12 aromatic carbocycles. The lowest BCUT2D eigenvalue weighted by atomic mass is 10.0. The van der Waals surface area contributed by atoms with Crippen molar-refractivity contribution >= 4 is 141 Å². The number of hydrogen-bond acceptors (Lipinski definition) is 5. The summed E-state index contributed by atoms with van der Waals surface area (Å²) >= 11 is 1.82. The predicted molar refractivity (Wildman–Crippen MR) is 320 cm³/mol. The number of nitrogens with one attached hydrogen (secondary N) is 1. The minimum atomic E-state index is -0.458. The van der Waals surface area contributed by atoms with Crippen molar-refractivity contribution < 1.29 is 4.42 Å². The SMILES string of the molecule is c1ccc(-n2c3ccccc3c3cc(C4=NC(c5ccc6c(c5)sc5ccccc56)NC(c5cc(-n6c7cc8ccccc8cc7c7ccc8ccccc8c76)c6c(c5)oc5c7ccccc7ccc56)=N4)ccc32)cc1. The summed E-state index contributed by atoms with van der Waals surface area (Å²) in [6.07, 6.45) is -0.458. The van der Waals surface area contributed by atoms with Crippen LogP contribution in [0.3, 0.4) is 0 Å². The molecule has 0 saturated heterocycles. The summed E-state index contributed by atoms with van der Waals surface area (Å²) in [4.78, 5) is 11.1. The summed E-state index contributed by atoms with van der Waals surface area (Å²) in [6, 6.07) is 85.7. The number of amidine groups is 2. The Labute approximate surface area is 438 Å². The molecule has 354 valence electrons. The highest BCUT2D eigenvalue weighted by Gasteiger charge is 2.27. The number of para-hydroxylation sites is 2. The first-order chi connectivity index (χ1) is 37.6. The number of hydrogen-bond donors (Lipinski definition) is 1. The standard InChI is InChI=1S/C69H41N5OS/c1-2-18-47(19-3-1)73-57-24-12-10-22-50(57)55-35-44(29-33-58(55)73)67-70-68(45-28-30-52-51-23-11-13-25-62(51)76-63(52)39-45)72-69(71-67)46-37-60(64-54-32-27-41-15-7-9-21-49(41)66(54)75-61(64)38-46)74-59-36-43-17-5-4-16-42(43)34-56(59)53-31-26-40-14-6-8-20-48(40)65(53)74/h1-39,68H,(H,70,71,72). The first-order valence-electron chi connectivity index (χ1n) is 25.8. The first-order valence-corrected chi connectivity index (χ1v) is 26.6. The normalized spacial score (nSPS) is 14.2. The number of fused-ring (bicyclic) bond motifs is 17. The molecule has 0 radical (unpaired) electrons. The quantitative estimate of drug-likeness (QED) is 0.187. The first kappa shape index (κ1) is 41.6. The van der Waals surface area contributed by atoms with E-state index in [9.17, 15) is 0 Å². The van der Waals surface area contributed by atoms with Crippen LogP contribution in [0.5, 0.6) is 0 Å². The third kappa shape index (κ3) is 6.09. The topological polar surface area (TPSA) is 59.8 Å². The van der Waals surface area contributed by atoms with Gasteiger partial charge in [-0.25, -0.2) is 9.98 Å². The molecule has 5 heterocycles. The minimum absolute atomic E-state index is 0.458. The second-order valence-electron chi connectivity index (χ2n) is 20.1. The summed E-state index contributed by atoms with van der Waals surface area (Å²) in [5.74, 6) is 1.36. The van der Waals surface area contributed by atoms with Crippen molar-refractivity contribution in [3.63, 3.8) is 0 Å². The molecule has 1 atom stereocenters. The van der Waals surface area contributed by atoms with Gasteiger partial charge >= 0.3 is 0 Å². The molecule has 6 nitrogen and oxygen atoms in total. The molecule has 7 heteroatoms. The van der Waals surface area contributed by atoms with Crippen LogP contribution >= 0.6 is 11.3 Å². The molecule has 76 heavy (non-hydrogen) atoms. The predicted octanol–water partition coefficient (Wildman–Crippen LogP) is 18.1. The van der Waals surface area contributed by atoms with E-state index in [2.05, 4.69) is 251 Å². The highest BCUT2D eigenvalue weighted by molar-refractivity contribution is 7.25. The van der Waals surface area contributed by atoms with Gasteiger partial charge in [0.05, 0.1) is 33.1 Å². The lowest BCUT2D eigenvalue weighted by Crippen LogP contribution is -2.33. The van der Waals surface area contributed by atoms with Crippen LogP contribution < -0.4 is 5.32 Å². The molecule has 0 saturated carbocycles. The Morgan fingerprint density at radius 1 is 0.421 bits per heavy atom. The van der Waals surface area contributed by atoms with Crippen molar-refractivity contribution in [2.45, 2.75) is 6.17 Å². The van der Waals surface area contributed by atoms with E-state index in [0.29, 0.717) is 11.7 Å². The second kappa shape index (κ2) is 15.8. The highest BCUT2D eigenvalue weighted by atomic mass is 32.1. The summed E-state index contributed by atoms with van der Waals surface area (Å²) in [5.41, 5.74) is 11.2. The van der Waals surface area contributed by atoms with Crippen molar-refractivity contribution in [1.29, 1.82) is 0 Å². The zero-order valence-electron chi connectivity index (χ0n) is 40.7. The second-order valence-corrected chi connectivity index (χ2v) is 21.2. The summed E-state index contributed by atoms with van der Waals surface area (Å²) < 4.78 is 14.6. The van der Waals surface area contributed by atoms with E-state index in [1.165, 1.54) is 57.9 Å². The lowest BCUT2D eigenvalue weighted by molar-refractivity contribution is 0.669. The Bertz CT molecular complexity index is 5230. The maximum Gasteiger partial charge on any atom is 0.159 e. The van der Waals surface area contributed by atoms with Gasteiger partial charge in [-0.05, 0) is 106 Å². The van der Waals surface area contributed by atoms with E-state index in [4.69, 9.17) is 14.4 Å². The Hall–Kier alpha value is -9.82. The number of benzene rings is 12. The fourth-order valence-corrected chi connectivity index (χ4v) is 13.6. The zero-order chi connectivity index (χ0) is 49.6. The van der Waals surface area contributed by atoms with Crippen molar-refractivity contribution in [2.75, 3.05) is 0 Å². The van der Waals surface area contributed by atoms with Gasteiger partial charge < -0.3 is 18.9 Å². The Morgan fingerprint density at radius 3 is 1.93 bits per heavy atom. The van der Waals surface area contributed by atoms with E-state index in [1.807, 2.05) is 11.3 Å². The molecule has 1 aliphatic heterocycles. The minimum Gasteiger partial charge on any atom is -0.455 e. The van der Waals surface area contributed by atoms with Crippen molar-refractivity contribution in [3.8, 4) is 11.4 Å². The van der Waals surface area contributed by atoms with Gasteiger partial charge in [0.15, 0.2) is 5.84 Å². The molecular weight excluding hydrogens is 947 g/mol. The fraction of sp³-hybridized carbons (Fsp3) is 0.0145. The van der Waals surface area contributed by atoms with Gasteiger partial charge in [-0.2, -0.15) is 0 Å². The number of aliphatic imine (C=N–C) groups is 2. The van der Waals surface area contributed by atoms with Crippen LogP contribution in [0.4, 0.5) is 0 Å². The fourth-order valence-electron chi connectivity index (χ4n) is 12.4. The smallest absolute Gasteiger partial charge is 0.159 e. The molecular formula is C69H41N5OS. The molecule has 0 bridgehead atoms. The maximum atomic E-state index is 7.22. The molecule has 1 unspecified atom stereocenters. The average molecular weight is 988 g/mol. The van der Waals surface area contributed by atoms with Gasteiger partial charge in [0, 0.05) is 74.7 Å². The number of thiophene rings is 1. The molecule has 4 aromatic heterocycles. The van der Waals surface area contributed by atoms with Gasteiger partial charge in [-0.3, -0.25) is 0 Å². The van der Waals surface area contributed by atoms with E-state index in [-0.39, 0.29) is 0 Å². The van der Waals surface area contributed by atoms with Crippen LogP contribution in [0.1, 0.15) is 22.9 Å². The van der Waals surface area contributed by atoms with E-state index >= 15 is 0 Å². The number of nitrogens with zero attached hydrogens (tertiary/aromatic N) is 4. The van der Waals surface area contributed by atoms with E-state index < -0.39 is 6.17 Å². The number of furan rings is 1. The average Bonchev–Trinajstić information content (AvgIpc) is 4.36. The van der Waals surface area contributed by atoms with Crippen molar-refractivity contribution in [3.05, 3.63) is 253 Å². The van der Waals surface area contributed by atoms with Gasteiger partial charge in [0.2, 0.25) is 0 Å². The van der Waals surface area contributed by atoms with E-state index in [1.54, 1.807) is 0 Å². The van der Waals surface area contributed by atoms with E-state index in [0.717, 1.165) is 88.2 Å². The van der Waals surface area contributed by atoms with Gasteiger partial charge in [0.25, 0.3) is 0 Å². The summed E-state index contributed by atoms with van der Waals surface area (Å²) in [5, 5.41) is 20.2. The van der Waals surface area contributed by atoms with Crippen LogP contribution in [-0.2, 0) is 0 Å². The van der Waals surface area contributed by atoms with Crippen LogP contribution in [0, 0.1) is 0 Å². The number of aromatic nitrogens is 2. The Kier molecular flexibility index (Phi) is 8.68. The summed E-state index contributed by atoms with van der Waals surface area (Å²) in [7, 11) is 0. The Balaban J connectivity index is 0.946. The van der Waals surface area contributed by atoms with Crippen LogP contribution in [-0.4, -0.2) is 20.8 Å². The Morgan fingerprint density at radius 2 is 1.08 bits per heavy atom. The third-order valence-electron chi connectivity index (χ3n) is 15.9. The molecule has 0 amide bonds. The molecule has 0 spiro atoms.